The van der Waals surface area contributed by atoms with Crippen molar-refractivity contribution in [2.45, 2.75) is 30.4 Å². The van der Waals surface area contributed by atoms with Gasteiger partial charge in [-0.15, -0.1) is 0 Å². The van der Waals surface area contributed by atoms with Crippen molar-refractivity contribution >= 4 is 23.0 Å². The summed E-state index contributed by atoms with van der Waals surface area (Å²) >= 11 is 1.11. The van der Waals surface area contributed by atoms with Crippen molar-refractivity contribution < 1.29 is 14.3 Å². The Morgan fingerprint density at radius 1 is 1.13 bits per heavy atom. The van der Waals surface area contributed by atoms with Gasteiger partial charge in [0.15, 0.2) is 6.10 Å². The van der Waals surface area contributed by atoms with Crippen LogP contribution in [0.5, 0.6) is 0 Å². The Balaban J connectivity index is 1.70. The molecule has 1 aliphatic heterocycles. The Hall–Kier alpha value is -2.27. The lowest BCUT2D eigenvalue weighted by molar-refractivity contribution is -0.117. The molecule has 2 atom stereocenters. The minimum Gasteiger partial charge on any atom is -0.435 e. The highest BCUT2D eigenvalue weighted by Gasteiger charge is 2.39. The van der Waals surface area contributed by atoms with E-state index in [0.29, 0.717) is 6.42 Å². The second-order valence-corrected chi connectivity index (χ2v) is 6.58. The lowest BCUT2D eigenvalue weighted by Crippen LogP contribution is -2.37. The lowest BCUT2D eigenvalue weighted by Gasteiger charge is -2.15. The predicted molar refractivity (Wildman–Crippen MR) is 89.4 cm³/mol. The third-order valence-corrected chi connectivity index (χ3v) is 4.61. The molecule has 1 aliphatic rings. The average molecular weight is 327 g/mol. The van der Waals surface area contributed by atoms with Crippen LogP contribution in [0, 0.1) is 6.92 Å². The number of rotatable bonds is 4. The van der Waals surface area contributed by atoms with Gasteiger partial charge in [-0.1, -0.05) is 48.0 Å². The third kappa shape index (κ3) is 3.93. The van der Waals surface area contributed by atoms with Gasteiger partial charge in [0.25, 0.3) is 0 Å². The molecule has 4 nitrogen and oxygen atoms in total. The van der Waals surface area contributed by atoms with Gasteiger partial charge in [0.05, 0.1) is 6.04 Å². The molecule has 23 heavy (non-hydrogen) atoms. The largest absolute Gasteiger partial charge is 0.435 e. The molecule has 0 spiro atoms. The van der Waals surface area contributed by atoms with Crippen molar-refractivity contribution in [2.24, 2.45) is 0 Å². The number of thioether (sulfide) groups is 1. The summed E-state index contributed by atoms with van der Waals surface area (Å²) in [5, 5.41) is 2.57. The van der Waals surface area contributed by atoms with Gasteiger partial charge in [-0.25, -0.2) is 4.79 Å². The minimum absolute atomic E-state index is 0.159. The molecule has 0 radical (unpaired) electrons. The number of cyclic esters (lactones) is 1. The predicted octanol–water partition coefficient (Wildman–Crippen LogP) is 3.33. The number of hydrogen-bond donors (Lipinski definition) is 1. The van der Waals surface area contributed by atoms with Crippen molar-refractivity contribution in [2.75, 3.05) is 0 Å². The highest BCUT2D eigenvalue weighted by Crippen LogP contribution is 2.26. The highest BCUT2D eigenvalue weighted by molar-refractivity contribution is 8.13. The van der Waals surface area contributed by atoms with Gasteiger partial charge >= 0.3 is 6.09 Å². The quantitative estimate of drug-likeness (QED) is 0.875. The molecule has 118 valence electrons. The van der Waals surface area contributed by atoms with Crippen LogP contribution < -0.4 is 5.32 Å². The van der Waals surface area contributed by atoms with E-state index < -0.39 is 12.2 Å². The second kappa shape index (κ2) is 6.87. The maximum absolute atomic E-state index is 12.5. The fourth-order valence-corrected chi connectivity index (χ4v) is 3.31. The molecule has 1 amide bonds. The number of nitrogens with one attached hydrogen (secondary N) is 1. The van der Waals surface area contributed by atoms with Gasteiger partial charge in [0, 0.05) is 4.90 Å². The summed E-state index contributed by atoms with van der Waals surface area (Å²) in [4.78, 5) is 24.9. The van der Waals surface area contributed by atoms with Gasteiger partial charge in [0.1, 0.15) is 0 Å². The van der Waals surface area contributed by atoms with Crippen molar-refractivity contribution in [1.82, 2.24) is 5.32 Å². The van der Waals surface area contributed by atoms with E-state index in [-0.39, 0.29) is 11.2 Å². The van der Waals surface area contributed by atoms with Crippen LogP contribution in [0.3, 0.4) is 0 Å². The van der Waals surface area contributed by atoms with Crippen LogP contribution in [-0.4, -0.2) is 23.4 Å². The normalized spacial score (nSPS) is 20.0. The molecule has 1 N–H and O–H groups in total. The molecule has 1 heterocycles. The minimum atomic E-state index is -0.769. The molecular weight excluding hydrogens is 310 g/mol. The number of benzene rings is 2. The summed E-state index contributed by atoms with van der Waals surface area (Å²) in [6, 6.07) is 17.1. The average Bonchev–Trinajstić information content (AvgIpc) is 2.91. The first-order valence-corrected chi connectivity index (χ1v) is 8.23. The summed E-state index contributed by atoms with van der Waals surface area (Å²) < 4.78 is 5.18. The first-order valence-electron chi connectivity index (χ1n) is 7.41. The van der Waals surface area contributed by atoms with E-state index in [0.717, 1.165) is 27.8 Å². The molecule has 0 bridgehead atoms. The van der Waals surface area contributed by atoms with Crippen LogP contribution in [0.4, 0.5) is 4.79 Å². The van der Waals surface area contributed by atoms with Gasteiger partial charge < -0.3 is 10.1 Å². The summed E-state index contributed by atoms with van der Waals surface area (Å²) in [5.41, 5.74) is 2.19. The zero-order valence-corrected chi connectivity index (χ0v) is 13.5. The number of carbonyl (C=O) groups is 2. The van der Waals surface area contributed by atoms with E-state index in [1.807, 2.05) is 61.5 Å². The Labute approximate surface area is 139 Å². The zero-order valence-electron chi connectivity index (χ0n) is 12.7. The van der Waals surface area contributed by atoms with E-state index in [2.05, 4.69) is 5.32 Å². The lowest BCUT2D eigenvalue weighted by atomic mass is 10.0. The monoisotopic (exact) mass is 327 g/mol. The molecule has 5 heteroatoms. The molecule has 0 unspecified atom stereocenters. The van der Waals surface area contributed by atoms with E-state index in [1.165, 1.54) is 0 Å². The number of amides is 1. The van der Waals surface area contributed by atoms with E-state index in [1.54, 1.807) is 0 Å². The molecule has 0 aliphatic carbocycles. The fourth-order valence-electron chi connectivity index (χ4n) is 2.48. The molecule has 1 saturated heterocycles. The van der Waals surface area contributed by atoms with Crippen molar-refractivity contribution in [3.05, 3.63) is 65.7 Å². The zero-order chi connectivity index (χ0) is 16.2. The van der Waals surface area contributed by atoms with Crippen molar-refractivity contribution in [3.63, 3.8) is 0 Å². The fraction of sp³-hybridized carbons (Fsp3) is 0.222. The van der Waals surface area contributed by atoms with E-state index in [4.69, 9.17) is 4.74 Å². The first kappa shape index (κ1) is 15.6. The maximum atomic E-state index is 12.5. The molecule has 0 aromatic heterocycles. The van der Waals surface area contributed by atoms with Crippen LogP contribution in [-0.2, 0) is 16.0 Å². The number of alkyl carbamates (subject to hydrolysis) is 1. The van der Waals surface area contributed by atoms with Crippen LogP contribution in [0.1, 0.15) is 11.1 Å². The topological polar surface area (TPSA) is 55.4 Å². The van der Waals surface area contributed by atoms with Crippen LogP contribution >= 0.6 is 11.8 Å². The highest BCUT2D eigenvalue weighted by atomic mass is 32.2. The van der Waals surface area contributed by atoms with Crippen LogP contribution in [0.25, 0.3) is 0 Å². The summed E-state index contributed by atoms with van der Waals surface area (Å²) in [5.74, 6) is 0. The summed E-state index contributed by atoms with van der Waals surface area (Å²) in [6.07, 6.45) is -0.736. The van der Waals surface area contributed by atoms with Gasteiger partial charge in [-0.05, 0) is 42.8 Å². The molecule has 1 fully saturated rings. The summed E-state index contributed by atoms with van der Waals surface area (Å²) in [7, 11) is 0. The summed E-state index contributed by atoms with van der Waals surface area (Å²) in [6.45, 7) is 1.99. The molecular formula is C18H17NO3S. The standard InChI is InChI=1S/C18H17NO3S/c1-12-7-9-14(10-8-12)23-17(20)16-15(19-18(21)22-16)11-13-5-3-2-4-6-13/h2-10,15-16H,11H2,1H3,(H,19,21)/t15-,16-/m1/s1. The number of hydrogen-bond acceptors (Lipinski definition) is 4. The Morgan fingerprint density at radius 2 is 1.83 bits per heavy atom. The van der Waals surface area contributed by atoms with Gasteiger partial charge in [0.2, 0.25) is 5.12 Å². The number of carbonyl (C=O) groups excluding carboxylic acids is 2. The second-order valence-electron chi connectivity index (χ2n) is 5.50. The molecule has 0 saturated carbocycles. The van der Waals surface area contributed by atoms with E-state index in [9.17, 15) is 9.59 Å². The smallest absolute Gasteiger partial charge is 0.408 e. The van der Waals surface area contributed by atoms with E-state index >= 15 is 0 Å². The maximum Gasteiger partial charge on any atom is 0.408 e. The SMILES string of the molecule is Cc1ccc(SC(=O)[C@@H]2OC(=O)N[C@@H]2Cc2ccccc2)cc1. The Bertz CT molecular complexity index is 700. The van der Waals surface area contributed by atoms with Crippen LogP contribution in [0.2, 0.25) is 0 Å². The van der Waals surface area contributed by atoms with Gasteiger partial charge in [-0.2, -0.15) is 0 Å². The Morgan fingerprint density at radius 3 is 2.52 bits per heavy atom. The van der Waals surface area contributed by atoms with Crippen molar-refractivity contribution in [1.29, 1.82) is 0 Å². The van der Waals surface area contributed by atoms with Gasteiger partial charge in [-0.3, -0.25) is 4.79 Å². The van der Waals surface area contributed by atoms with Crippen molar-refractivity contribution in [3.8, 4) is 0 Å². The molecule has 3 rings (SSSR count). The Kier molecular flexibility index (Phi) is 4.67. The van der Waals surface area contributed by atoms with Crippen LogP contribution in [0.15, 0.2) is 59.5 Å². The molecule has 2 aromatic carbocycles. The number of ether oxygens (including phenoxy) is 1. The third-order valence-electron chi connectivity index (χ3n) is 3.67. The number of aryl methyl sites for hydroxylation is 1. The first-order chi connectivity index (χ1) is 11.1. The molecule has 2 aromatic rings.